The first-order chi connectivity index (χ1) is 12.0. The maximum absolute atomic E-state index is 13.1. The average Bonchev–Trinajstić information content (AvgIpc) is 2.85. The zero-order chi connectivity index (χ0) is 18.0. The summed E-state index contributed by atoms with van der Waals surface area (Å²) in [6, 6.07) is 11.3. The fourth-order valence-electron chi connectivity index (χ4n) is 3.34. The van der Waals surface area contributed by atoms with Crippen LogP contribution in [0.1, 0.15) is 44.9 Å². The lowest BCUT2D eigenvalue weighted by Gasteiger charge is -2.14. The number of aromatic carboxylic acids is 1. The molecule has 5 heteroatoms. The predicted molar refractivity (Wildman–Crippen MR) is 96.0 cm³/mol. The first-order valence-corrected chi connectivity index (χ1v) is 8.39. The van der Waals surface area contributed by atoms with Gasteiger partial charge in [0.15, 0.2) is 0 Å². The number of carboxylic acid groups (broad SMARTS) is 1. The number of fused-ring (bicyclic) bond motifs is 1. The molecule has 0 amide bonds. The van der Waals surface area contributed by atoms with E-state index in [0.29, 0.717) is 25.1 Å². The lowest BCUT2D eigenvalue weighted by Crippen LogP contribution is -2.18. The second-order valence-electron chi connectivity index (χ2n) is 6.58. The third-order valence-corrected chi connectivity index (χ3v) is 4.39. The minimum atomic E-state index is -1.00. The van der Waals surface area contributed by atoms with Crippen molar-refractivity contribution >= 4 is 11.8 Å². The van der Waals surface area contributed by atoms with Crippen LogP contribution >= 0.6 is 0 Å². The number of carbonyl (C=O) groups is 2. The van der Waals surface area contributed by atoms with Crippen LogP contribution in [0.25, 0.3) is 0 Å². The van der Waals surface area contributed by atoms with Gasteiger partial charge in [-0.05, 0) is 36.5 Å². The minimum absolute atomic E-state index is 0.0652. The fraction of sp³-hybridized carbons (Fsp3) is 0.300. The van der Waals surface area contributed by atoms with E-state index >= 15 is 0 Å². The molecule has 5 nitrogen and oxygen atoms in total. The van der Waals surface area contributed by atoms with Crippen LogP contribution in [0, 0.1) is 0 Å². The number of nitrogens with zero attached hydrogens (tertiary/aromatic N) is 2. The molecule has 130 valence electrons. The number of aryl methyl sites for hydroxylation is 1. The van der Waals surface area contributed by atoms with E-state index in [4.69, 9.17) is 0 Å². The number of benzene rings is 1. The van der Waals surface area contributed by atoms with Crippen molar-refractivity contribution in [1.29, 1.82) is 0 Å². The van der Waals surface area contributed by atoms with Gasteiger partial charge < -0.3 is 14.6 Å². The molecule has 1 N–H and O–H groups in total. The average molecular weight is 338 g/mol. The Morgan fingerprint density at radius 3 is 2.60 bits per heavy atom. The number of rotatable bonds is 4. The van der Waals surface area contributed by atoms with E-state index in [-0.39, 0.29) is 11.5 Å². The molecule has 25 heavy (non-hydrogen) atoms. The van der Waals surface area contributed by atoms with Crippen molar-refractivity contribution < 1.29 is 14.7 Å². The summed E-state index contributed by atoms with van der Waals surface area (Å²) in [7, 11) is 3.77. The number of ketones is 1. The van der Waals surface area contributed by atoms with Gasteiger partial charge in [-0.1, -0.05) is 30.3 Å². The Hall–Kier alpha value is -2.82. The van der Waals surface area contributed by atoms with Gasteiger partial charge in [0, 0.05) is 32.4 Å². The SMILES string of the molecule is CN(C)C=C1CCCc2cc(C(=O)O)n(Cc3ccccc3)c2C1=O. The van der Waals surface area contributed by atoms with Gasteiger partial charge in [0.2, 0.25) is 5.78 Å². The fourth-order valence-corrected chi connectivity index (χ4v) is 3.34. The Kier molecular flexibility index (Phi) is 4.74. The van der Waals surface area contributed by atoms with Crippen LogP contribution in [0.2, 0.25) is 0 Å². The van der Waals surface area contributed by atoms with Crippen LogP contribution in [0.3, 0.4) is 0 Å². The van der Waals surface area contributed by atoms with Crippen LogP contribution < -0.4 is 0 Å². The number of Topliss-reactive ketones (excluding diaryl/α,β-unsaturated/α-hetero) is 1. The molecule has 1 heterocycles. The molecule has 0 atom stereocenters. The van der Waals surface area contributed by atoms with Crippen LogP contribution in [0.15, 0.2) is 48.2 Å². The van der Waals surface area contributed by atoms with Crippen molar-refractivity contribution in [2.24, 2.45) is 0 Å². The number of hydrogen-bond acceptors (Lipinski definition) is 3. The molecule has 0 saturated carbocycles. The molecule has 0 aliphatic heterocycles. The van der Waals surface area contributed by atoms with E-state index in [1.807, 2.05) is 55.5 Å². The molecular weight excluding hydrogens is 316 g/mol. The number of aromatic nitrogens is 1. The van der Waals surface area contributed by atoms with Crippen molar-refractivity contribution in [1.82, 2.24) is 9.47 Å². The van der Waals surface area contributed by atoms with E-state index < -0.39 is 5.97 Å². The van der Waals surface area contributed by atoms with E-state index in [9.17, 15) is 14.7 Å². The molecule has 0 radical (unpaired) electrons. The van der Waals surface area contributed by atoms with Gasteiger partial charge in [-0.25, -0.2) is 4.79 Å². The Morgan fingerprint density at radius 2 is 1.96 bits per heavy atom. The number of carbonyl (C=O) groups excluding carboxylic acids is 1. The maximum Gasteiger partial charge on any atom is 0.352 e. The van der Waals surface area contributed by atoms with E-state index in [2.05, 4.69) is 0 Å². The van der Waals surface area contributed by atoms with Crippen LogP contribution in [-0.4, -0.2) is 40.4 Å². The van der Waals surface area contributed by atoms with Crippen molar-refractivity contribution in [2.75, 3.05) is 14.1 Å². The molecule has 1 aliphatic carbocycles. The lowest BCUT2D eigenvalue weighted by molar-refractivity contribution is 0.0685. The summed E-state index contributed by atoms with van der Waals surface area (Å²) < 4.78 is 1.66. The number of allylic oxidation sites excluding steroid dienone is 1. The Bertz CT molecular complexity index is 832. The highest BCUT2D eigenvalue weighted by Crippen LogP contribution is 2.28. The molecule has 0 fully saturated rings. The standard InChI is InChI=1S/C20H22N2O3/c1-21(2)13-16-10-6-9-15-11-17(20(24)25)22(18(15)19(16)23)12-14-7-4-3-5-8-14/h3-5,7-8,11,13H,6,9-10,12H2,1-2H3,(H,24,25). The first-order valence-electron chi connectivity index (χ1n) is 8.39. The maximum atomic E-state index is 13.1. The Labute approximate surface area is 147 Å². The summed E-state index contributed by atoms with van der Waals surface area (Å²) in [6.07, 6.45) is 4.11. The molecule has 0 spiro atoms. The van der Waals surface area contributed by atoms with Gasteiger partial charge >= 0.3 is 5.97 Å². The summed E-state index contributed by atoms with van der Waals surface area (Å²) in [5.41, 5.74) is 3.23. The zero-order valence-electron chi connectivity index (χ0n) is 14.5. The summed E-state index contributed by atoms with van der Waals surface area (Å²) in [5, 5.41) is 9.61. The summed E-state index contributed by atoms with van der Waals surface area (Å²) in [4.78, 5) is 26.7. The second kappa shape index (κ2) is 6.97. The van der Waals surface area contributed by atoms with Crippen molar-refractivity contribution in [3.8, 4) is 0 Å². The van der Waals surface area contributed by atoms with E-state index in [1.54, 1.807) is 10.6 Å². The topological polar surface area (TPSA) is 62.5 Å². The molecule has 1 aromatic heterocycles. The third kappa shape index (κ3) is 3.50. The molecule has 0 saturated heterocycles. The normalized spacial score (nSPS) is 15.8. The smallest absolute Gasteiger partial charge is 0.352 e. The summed E-state index contributed by atoms with van der Waals surface area (Å²) in [6.45, 7) is 0.374. The second-order valence-corrected chi connectivity index (χ2v) is 6.58. The van der Waals surface area contributed by atoms with Gasteiger partial charge in [0.1, 0.15) is 5.69 Å². The first kappa shape index (κ1) is 17.0. The largest absolute Gasteiger partial charge is 0.477 e. The molecular formula is C20H22N2O3. The van der Waals surface area contributed by atoms with Crippen molar-refractivity contribution in [3.63, 3.8) is 0 Å². The molecule has 2 aromatic rings. The molecule has 0 bridgehead atoms. The number of carboxylic acids is 1. The highest BCUT2D eigenvalue weighted by molar-refractivity contribution is 6.10. The van der Waals surface area contributed by atoms with Crippen molar-refractivity contribution in [2.45, 2.75) is 25.8 Å². The highest BCUT2D eigenvalue weighted by atomic mass is 16.4. The Morgan fingerprint density at radius 1 is 1.24 bits per heavy atom. The summed E-state index contributed by atoms with van der Waals surface area (Å²) >= 11 is 0. The van der Waals surface area contributed by atoms with Crippen LogP contribution in [0.4, 0.5) is 0 Å². The van der Waals surface area contributed by atoms with Gasteiger partial charge in [-0.2, -0.15) is 0 Å². The van der Waals surface area contributed by atoms with Gasteiger partial charge in [0.25, 0.3) is 0 Å². The molecule has 0 unspecified atom stereocenters. The highest BCUT2D eigenvalue weighted by Gasteiger charge is 2.28. The molecule has 1 aliphatic rings. The van der Waals surface area contributed by atoms with E-state index in [0.717, 1.165) is 23.1 Å². The lowest BCUT2D eigenvalue weighted by atomic mass is 10.1. The monoisotopic (exact) mass is 338 g/mol. The van der Waals surface area contributed by atoms with Crippen molar-refractivity contribution in [3.05, 3.63) is 70.7 Å². The van der Waals surface area contributed by atoms with Gasteiger partial charge in [-0.15, -0.1) is 0 Å². The van der Waals surface area contributed by atoms with E-state index in [1.165, 1.54) is 0 Å². The zero-order valence-corrected chi connectivity index (χ0v) is 14.5. The summed E-state index contributed by atoms with van der Waals surface area (Å²) in [5.74, 6) is -1.07. The quantitative estimate of drug-likeness (QED) is 0.687. The predicted octanol–water partition coefficient (Wildman–Crippen LogP) is 3.20. The number of hydrogen-bond donors (Lipinski definition) is 1. The molecule has 3 rings (SSSR count). The van der Waals surface area contributed by atoms with Gasteiger partial charge in [-0.3, -0.25) is 4.79 Å². The minimum Gasteiger partial charge on any atom is -0.477 e. The van der Waals surface area contributed by atoms with Crippen LogP contribution in [0.5, 0.6) is 0 Å². The Balaban J connectivity index is 2.12. The van der Waals surface area contributed by atoms with Crippen LogP contribution in [-0.2, 0) is 13.0 Å². The van der Waals surface area contributed by atoms with Gasteiger partial charge in [0.05, 0.1) is 5.69 Å². The third-order valence-electron chi connectivity index (χ3n) is 4.39. The molecule has 1 aromatic carbocycles.